The van der Waals surface area contributed by atoms with Gasteiger partial charge >= 0.3 is 6.18 Å². The van der Waals surface area contributed by atoms with Crippen molar-refractivity contribution in [3.05, 3.63) is 71.8 Å². The van der Waals surface area contributed by atoms with Gasteiger partial charge in [-0.15, -0.1) is 0 Å². The molecule has 0 spiro atoms. The molecule has 0 N–H and O–H groups in total. The lowest BCUT2D eigenvalue weighted by Gasteiger charge is -2.31. The first-order valence-electron chi connectivity index (χ1n) is 5.33. The van der Waals surface area contributed by atoms with E-state index in [1.54, 1.807) is 36.4 Å². The second-order valence-electron chi connectivity index (χ2n) is 3.89. The van der Waals surface area contributed by atoms with Crippen molar-refractivity contribution in [3.63, 3.8) is 0 Å². The van der Waals surface area contributed by atoms with Gasteiger partial charge in [0.25, 0.3) is 0 Å². The number of benzene rings is 2. The molecule has 0 bridgehead atoms. The molecular weight excluding hydrogens is 352 g/mol. The molecule has 0 saturated heterocycles. The number of alkyl halides is 4. The lowest BCUT2D eigenvalue weighted by molar-refractivity contribution is -0.146. The Morgan fingerprint density at radius 1 is 0.667 bits per heavy atom. The maximum absolute atomic E-state index is 13.5. The zero-order valence-electron chi connectivity index (χ0n) is 9.29. The molecule has 4 heteroatoms. The molecule has 2 aromatic carbocycles. The van der Waals surface area contributed by atoms with Crippen LogP contribution in [0.2, 0.25) is 0 Å². The average Bonchev–Trinajstić information content (AvgIpc) is 2.38. The van der Waals surface area contributed by atoms with E-state index < -0.39 is 9.60 Å². The van der Waals surface area contributed by atoms with Gasteiger partial charge in [0.2, 0.25) is 0 Å². The van der Waals surface area contributed by atoms with E-state index in [1.807, 2.05) is 0 Å². The van der Waals surface area contributed by atoms with Gasteiger partial charge in [0.15, 0.2) is 3.42 Å². The third kappa shape index (κ3) is 2.25. The van der Waals surface area contributed by atoms with Crippen LogP contribution in [0.3, 0.4) is 0 Å². The van der Waals surface area contributed by atoms with Crippen LogP contribution in [-0.2, 0) is 3.42 Å². The molecule has 0 fully saturated rings. The van der Waals surface area contributed by atoms with Crippen molar-refractivity contribution in [1.29, 1.82) is 0 Å². The smallest absolute Gasteiger partial charge is 0.169 e. The number of hydrogen-bond donors (Lipinski definition) is 0. The molecule has 0 aromatic heterocycles. The van der Waals surface area contributed by atoms with E-state index in [1.165, 1.54) is 46.9 Å². The fourth-order valence-electron chi connectivity index (χ4n) is 1.83. The Morgan fingerprint density at radius 3 is 1.28 bits per heavy atom. The van der Waals surface area contributed by atoms with E-state index in [0.717, 1.165) is 0 Å². The SMILES string of the molecule is FC(F)(F)C(I)(c1ccccc1)c1ccccc1. The molecule has 0 amide bonds. The van der Waals surface area contributed by atoms with Crippen molar-refractivity contribution in [2.24, 2.45) is 0 Å². The lowest BCUT2D eigenvalue weighted by Crippen LogP contribution is -2.37. The van der Waals surface area contributed by atoms with E-state index in [4.69, 9.17) is 0 Å². The number of rotatable bonds is 2. The van der Waals surface area contributed by atoms with Crippen LogP contribution in [0.25, 0.3) is 0 Å². The minimum Gasteiger partial charge on any atom is -0.169 e. The zero-order chi connectivity index (χ0) is 13.2. The van der Waals surface area contributed by atoms with Crippen molar-refractivity contribution in [2.75, 3.05) is 0 Å². The highest BCUT2D eigenvalue weighted by Gasteiger charge is 2.55. The van der Waals surface area contributed by atoms with Crippen molar-refractivity contribution in [2.45, 2.75) is 9.60 Å². The predicted molar refractivity (Wildman–Crippen MR) is 73.7 cm³/mol. The van der Waals surface area contributed by atoms with Gasteiger partial charge in [-0.2, -0.15) is 13.2 Å². The second-order valence-corrected chi connectivity index (χ2v) is 5.51. The van der Waals surface area contributed by atoms with Crippen LogP contribution in [0.4, 0.5) is 13.2 Å². The summed E-state index contributed by atoms with van der Waals surface area (Å²) in [6.45, 7) is 0. The third-order valence-electron chi connectivity index (χ3n) is 2.73. The quantitative estimate of drug-likeness (QED) is 0.525. The summed E-state index contributed by atoms with van der Waals surface area (Å²) in [6, 6.07) is 15.9. The Morgan fingerprint density at radius 2 is 1.00 bits per heavy atom. The molecule has 2 rings (SSSR count). The molecule has 18 heavy (non-hydrogen) atoms. The van der Waals surface area contributed by atoms with Crippen molar-refractivity contribution in [3.8, 4) is 0 Å². The molecule has 0 unspecified atom stereocenters. The molecule has 0 radical (unpaired) electrons. The first-order valence-corrected chi connectivity index (χ1v) is 6.41. The monoisotopic (exact) mass is 362 g/mol. The van der Waals surface area contributed by atoms with E-state index in [2.05, 4.69) is 0 Å². The predicted octanol–water partition coefficient (Wildman–Crippen LogP) is 4.93. The van der Waals surface area contributed by atoms with Crippen molar-refractivity contribution < 1.29 is 13.2 Å². The summed E-state index contributed by atoms with van der Waals surface area (Å²) in [5.41, 5.74) is 0.480. The first-order chi connectivity index (χ1) is 8.46. The fraction of sp³-hybridized carbons (Fsp3) is 0.143. The Hall–Kier alpha value is -1.04. The zero-order valence-corrected chi connectivity index (χ0v) is 11.4. The van der Waals surface area contributed by atoms with Crippen LogP contribution in [0.1, 0.15) is 11.1 Å². The largest absolute Gasteiger partial charge is 0.411 e. The van der Waals surface area contributed by atoms with Gasteiger partial charge in [-0.3, -0.25) is 0 Å². The minimum absolute atomic E-state index is 0.240. The van der Waals surface area contributed by atoms with Gasteiger partial charge in [0, 0.05) is 0 Å². The Kier molecular flexibility index (Phi) is 3.66. The summed E-state index contributed by atoms with van der Waals surface area (Å²) >= 11 is 1.49. The van der Waals surface area contributed by atoms with Crippen molar-refractivity contribution >= 4 is 22.6 Å². The van der Waals surface area contributed by atoms with Crippen LogP contribution in [0.15, 0.2) is 60.7 Å². The fourth-order valence-corrected chi connectivity index (χ4v) is 2.55. The molecule has 0 atom stereocenters. The maximum atomic E-state index is 13.5. The first kappa shape index (κ1) is 13.4. The van der Waals surface area contributed by atoms with Crippen molar-refractivity contribution in [1.82, 2.24) is 0 Å². The minimum atomic E-state index is -4.35. The molecule has 2 aromatic rings. The van der Waals surface area contributed by atoms with Crippen LogP contribution >= 0.6 is 22.6 Å². The summed E-state index contributed by atoms with van der Waals surface area (Å²) < 4.78 is 38.4. The standard InChI is InChI=1S/C14H10F3I/c15-14(16,17)13(18,11-7-3-1-4-8-11)12-9-5-2-6-10-12/h1-10H. The van der Waals surface area contributed by atoms with Gasteiger partial charge in [-0.05, 0) is 11.1 Å². The van der Waals surface area contributed by atoms with E-state index in [-0.39, 0.29) is 11.1 Å². The summed E-state index contributed by atoms with van der Waals surface area (Å²) in [5, 5.41) is 0. The Bertz CT molecular complexity index is 466. The average molecular weight is 362 g/mol. The molecule has 0 nitrogen and oxygen atoms in total. The van der Waals surface area contributed by atoms with Gasteiger partial charge in [-0.25, -0.2) is 0 Å². The lowest BCUT2D eigenvalue weighted by atomic mass is 9.90. The highest BCUT2D eigenvalue weighted by atomic mass is 127. The number of hydrogen-bond acceptors (Lipinski definition) is 0. The molecule has 0 aliphatic heterocycles. The molecular formula is C14H10F3I. The highest BCUT2D eigenvalue weighted by molar-refractivity contribution is 14.1. The van der Waals surface area contributed by atoms with Gasteiger partial charge in [-0.1, -0.05) is 83.3 Å². The van der Waals surface area contributed by atoms with Gasteiger partial charge in [0.1, 0.15) is 0 Å². The Balaban J connectivity index is 2.63. The summed E-state index contributed by atoms with van der Waals surface area (Å²) in [6.07, 6.45) is -4.35. The highest BCUT2D eigenvalue weighted by Crippen LogP contribution is 2.51. The second kappa shape index (κ2) is 4.91. The van der Waals surface area contributed by atoms with E-state index in [9.17, 15) is 13.2 Å². The van der Waals surface area contributed by atoms with Gasteiger partial charge in [0.05, 0.1) is 0 Å². The van der Waals surface area contributed by atoms with E-state index in [0.29, 0.717) is 0 Å². The molecule has 94 valence electrons. The Labute approximate surface area is 117 Å². The molecule has 0 heterocycles. The summed E-state index contributed by atoms with van der Waals surface area (Å²) in [5.74, 6) is 0. The van der Waals surface area contributed by atoms with Crippen LogP contribution in [0.5, 0.6) is 0 Å². The normalized spacial score (nSPS) is 12.4. The van der Waals surface area contributed by atoms with Gasteiger partial charge < -0.3 is 0 Å². The van der Waals surface area contributed by atoms with Crippen LogP contribution in [-0.4, -0.2) is 6.18 Å². The molecule has 0 aliphatic carbocycles. The maximum Gasteiger partial charge on any atom is 0.411 e. The summed E-state index contributed by atoms with van der Waals surface area (Å²) in [7, 11) is 0. The molecule has 0 saturated carbocycles. The van der Waals surface area contributed by atoms with E-state index >= 15 is 0 Å². The summed E-state index contributed by atoms with van der Waals surface area (Å²) in [4.78, 5) is 0. The van der Waals surface area contributed by atoms with Crippen LogP contribution in [0, 0.1) is 0 Å². The number of halogens is 4. The topological polar surface area (TPSA) is 0 Å². The molecule has 0 aliphatic rings. The van der Waals surface area contributed by atoms with Crippen LogP contribution < -0.4 is 0 Å². The third-order valence-corrected chi connectivity index (χ3v) is 4.59.